The zero-order valence-corrected chi connectivity index (χ0v) is 15.6. The number of likely N-dealkylation sites (tertiary alicyclic amines) is 1. The Labute approximate surface area is 146 Å². The maximum atomic E-state index is 4.70. The molecule has 1 aliphatic rings. The highest BCUT2D eigenvalue weighted by Crippen LogP contribution is 2.24. The molecule has 0 aliphatic carbocycles. The fourth-order valence-corrected chi connectivity index (χ4v) is 4.14. The third kappa shape index (κ3) is 4.07. The van der Waals surface area contributed by atoms with E-state index in [1.807, 2.05) is 6.20 Å². The van der Waals surface area contributed by atoms with Crippen LogP contribution in [0.25, 0.3) is 0 Å². The van der Waals surface area contributed by atoms with Gasteiger partial charge in [0.25, 0.3) is 0 Å². The minimum atomic E-state index is 0.495. The third-order valence-electron chi connectivity index (χ3n) is 5.14. The van der Waals surface area contributed by atoms with Crippen molar-refractivity contribution in [2.45, 2.75) is 59.5 Å². The average molecular weight is 326 g/mol. The minimum absolute atomic E-state index is 0.495. The molecule has 3 heteroatoms. The fraction of sp³-hybridized carbons (Fsp3) is 0.571. The number of hydrogen-bond acceptors (Lipinski definition) is 2. The molecule has 0 bridgehead atoms. The predicted molar refractivity (Wildman–Crippen MR) is 100 cm³/mol. The van der Waals surface area contributed by atoms with E-state index in [9.17, 15) is 0 Å². The summed E-state index contributed by atoms with van der Waals surface area (Å²) in [5.41, 5.74) is 4.08. The summed E-state index contributed by atoms with van der Waals surface area (Å²) in [6.45, 7) is 12.3. The van der Waals surface area contributed by atoms with Crippen molar-refractivity contribution in [1.82, 2.24) is 14.5 Å². The Morgan fingerprint density at radius 1 is 1.25 bits per heavy atom. The van der Waals surface area contributed by atoms with Gasteiger partial charge in [-0.2, -0.15) is 0 Å². The average Bonchev–Trinajstić information content (AvgIpc) is 2.88. The van der Waals surface area contributed by atoms with Gasteiger partial charge < -0.3 is 4.57 Å². The molecule has 1 aliphatic heterocycles. The molecule has 130 valence electrons. The second-order valence-corrected chi connectivity index (χ2v) is 7.72. The Morgan fingerprint density at radius 2 is 2.08 bits per heavy atom. The number of rotatable bonds is 5. The normalized spacial score (nSPS) is 19.1. The number of aromatic nitrogens is 2. The first-order valence-corrected chi connectivity index (χ1v) is 9.33. The zero-order chi connectivity index (χ0) is 17.1. The molecule has 0 radical (unpaired) electrons. The summed E-state index contributed by atoms with van der Waals surface area (Å²) >= 11 is 0. The van der Waals surface area contributed by atoms with Gasteiger partial charge in [-0.3, -0.25) is 4.90 Å². The van der Waals surface area contributed by atoms with E-state index in [0.717, 1.165) is 18.9 Å². The van der Waals surface area contributed by atoms with E-state index in [1.54, 1.807) is 0 Å². The highest BCUT2D eigenvalue weighted by atomic mass is 15.1. The molecule has 3 rings (SSSR count). The van der Waals surface area contributed by atoms with E-state index >= 15 is 0 Å². The van der Waals surface area contributed by atoms with Crippen LogP contribution in [0, 0.1) is 19.8 Å². The van der Waals surface area contributed by atoms with Crippen molar-refractivity contribution in [3.63, 3.8) is 0 Å². The Hall–Kier alpha value is -1.61. The second kappa shape index (κ2) is 7.52. The van der Waals surface area contributed by atoms with Gasteiger partial charge in [-0.15, -0.1) is 0 Å². The lowest BCUT2D eigenvalue weighted by molar-refractivity contribution is 0.165. The summed E-state index contributed by atoms with van der Waals surface area (Å²) in [7, 11) is 0. The van der Waals surface area contributed by atoms with E-state index in [0.29, 0.717) is 6.04 Å². The van der Waals surface area contributed by atoms with E-state index in [4.69, 9.17) is 4.98 Å². The van der Waals surface area contributed by atoms with Gasteiger partial charge in [0.1, 0.15) is 5.82 Å². The topological polar surface area (TPSA) is 21.1 Å². The first-order valence-electron chi connectivity index (χ1n) is 9.33. The van der Waals surface area contributed by atoms with Crippen molar-refractivity contribution in [3.8, 4) is 0 Å². The van der Waals surface area contributed by atoms with E-state index in [1.165, 1.54) is 48.6 Å². The lowest BCUT2D eigenvalue weighted by atomic mass is 9.94. The summed E-state index contributed by atoms with van der Waals surface area (Å²) in [4.78, 5) is 7.32. The standard InChI is InChI=1S/C21H31N3/c1-16(2)24-18(4)13-22-21(24)12-20-9-6-10-23(15-20)14-19-8-5-7-17(3)11-19/h5,7-8,11,13,16,20H,6,9-10,12,14-15H2,1-4H3. The first kappa shape index (κ1) is 17.2. The van der Waals surface area contributed by atoms with E-state index in [-0.39, 0.29) is 0 Å². The van der Waals surface area contributed by atoms with Crippen molar-refractivity contribution in [1.29, 1.82) is 0 Å². The smallest absolute Gasteiger partial charge is 0.109 e. The van der Waals surface area contributed by atoms with Gasteiger partial charge in [0.2, 0.25) is 0 Å². The maximum absolute atomic E-state index is 4.70. The van der Waals surface area contributed by atoms with Crippen LogP contribution in [0.3, 0.4) is 0 Å². The van der Waals surface area contributed by atoms with Gasteiger partial charge in [0, 0.05) is 37.4 Å². The van der Waals surface area contributed by atoms with Crippen molar-refractivity contribution in [2.75, 3.05) is 13.1 Å². The van der Waals surface area contributed by atoms with Crippen LogP contribution >= 0.6 is 0 Å². The van der Waals surface area contributed by atoms with Crippen LogP contribution in [0.15, 0.2) is 30.5 Å². The molecule has 1 aromatic heterocycles. The summed E-state index contributed by atoms with van der Waals surface area (Å²) in [6.07, 6.45) is 5.77. The second-order valence-electron chi connectivity index (χ2n) is 7.72. The number of piperidine rings is 1. The minimum Gasteiger partial charge on any atom is -0.330 e. The number of imidazole rings is 1. The Morgan fingerprint density at radius 3 is 2.83 bits per heavy atom. The molecular weight excluding hydrogens is 294 g/mol. The molecule has 1 aromatic carbocycles. The molecule has 1 saturated heterocycles. The van der Waals surface area contributed by atoms with E-state index < -0.39 is 0 Å². The molecule has 1 fully saturated rings. The molecule has 0 spiro atoms. The number of aryl methyl sites for hydroxylation is 2. The fourth-order valence-electron chi connectivity index (χ4n) is 4.14. The van der Waals surface area contributed by atoms with Crippen molar-refractivity contribution in [2.24, 2.45) is 5.92 Å². The van der Waals surface area contributed by atoms with Crippen molar-refractivity contribution >= 4 is 0 Å². The van der Waals surface area contributed by atoms with Crippen LogP contribution in [-0.2, 0) is 13.0 Å². The van der Waals surface area contributed by atoms with Gasteiger partial charge in [-0.25, -0.2) is 4.98 Å². The summed E-state index contributed by atoms with van der Waals surface area (Å²) < 4.78 is 2.40. The van der Waals surface area contributed by atoms with Crippen LogP contribution in [0.1, 0.15) is 55.4 Å². The van der Waals surface area contributed by atoms with Crippen molar-refractivity contribution < 1.29 is 0 Å². The Kier molecular flexibility index (Phi) is 5.40. The summed E-state index contributed by atoms with van der Waals surface area (Å²) in [5.74, 6) is 1.99. The highest BCUT2D eigenvalue weighted by Gasteiger charge is 2.22. The van der Waals surface area contributed by atoms with Crippen LogP contribution in [0.5, 0.6) is 0 Å². The zero-order valence-electron chi connectivity index (χ0n) is 15.6. The number of hydrogen-bond donors (Lipinski definition) is 0. The molecule has 0 N–H and O–H groups in total. The molecule has 1 unspecified atom stereocenters. The molecule has 2 aromatic rings. The first-order chi connectivity index (χ1) is 11.5. The molecule has 24 heavy (non-hydrogen) atoms. The van der Waals surface area contributed by atoms with Crippen LogP contribution < -0.4 is 0 Å². The van der Waals surface area contributed by atoms with Crippen molar-refractivity contribution in [3.05, 3.63) is 53.1 Å². The molecule has 0 saturated carbocycles. The quantitative estimate of drug-likeness (QED) is 0.805. The van der Waals surface area contributed by atoms with Crippen LogP contribution in [0.4, 0.5) is 0 Å². The Bertz CT molecular complexity index is 671. The number of benzene rings is 1. The molecule has 3 nitrogen and oxygen atoms in total. The SMILES string of the molecule is Cc1cccc(CN2CCCC(Cc3ncc(C)n3C(C)C)C2)c1. The maximum Gasteiger partial charge on any atom is 0.109 e. The van der Waals surface area contributed by atoms with Gasteiger partial charge in [-0.05, 0) is 58.6 Å². The summed E-state index contributed by atoms with van der Waals surface area (Å²) in [6, 6.07) is 9.42. The largest absolute Gasteiger partial charge is 0.330 e. The third-order valence-corrected chi connectivity index (χ3v) is 5.14. The Balaban J connectivity index is 1.64. The lowest BCUT2D eigenvalue weighted by Gasteiger charge is -2.33. The predicted octanol–water partition coefficient (Wildman–Crippen LogP) is 4.54. The molecule has 0 amide bonds. The van der Waals surface area contributed by atoms with Gasteiger partial charge in [-0.1, -0.05) is 29.8 Å². The molecular formula is C21H31N3. The van der Waals surface area contributed by atoms with Crippen LogP contribution in [-0.4, -0.2) is 27.5 Å². The molecule has 2 heterocycles. The number of nitrogens with zero attached hydrogens (tertiary/aromatic N) is 3. The monoisotopic (exact) mass is 325 g/mol. The lowest BCUT2D eigenvalue weighted by Crippen LogP contribution is -2.36. The molecule has 1 atom stereocenters. The summed E-state index contributed by atoms with van der Waals surface area (Å²) in [5, 5.41) is 0. The van der Waals surface area contributed by atoms with Gasteiger partial charge in [0.15, 0.2) is 0 Å². The van der Waals surface area contributed by atoms with Crippen LogP contribution in [0.2, 0.25) is 0 Å². The highest BCUT2D eigenvalue weighted by molar-refractivity contribution is 5.22. The van der Waals surface area contributed by atoms with E-state index in [2.05, 4.69) is 61.4 Å². The van der Waals surface area contributed by atoms with Gasteiger partial charge in [0.05, 0.1) is 0 Å². The van der Waals surface area contributed by atoms with Gasteiger partial charge >= 0.3 is 0 Å².